The minimum Gasteiger partial charge on any atom is -0.483 e. The predicted molar refractivity (Wildman–Crippen MR) is 78.9 cm³/mol. The van der Waals surface area contributed by atoms with Gasteiger partial charge in [0.15, 0.2) is 17.4 Å². The van der Waals surface area contributed by atoms with Crippen molar-refractivity contribution >= 4 is 15.9 Å². The van der Waals surface area contributed by atoms with Crippen LogP contribution in [0.1, 0.15) is 30.9 Å². The molecular weight excluding hydrogens is 326 g/mol. The van der Waals surface area contributed by atoms with E-state index in [1.807, 2.05) is 24.3 Å². The molecule has 0 fully saturated rings. The third-order valence-corrected chi connectivity index (χ3v) is 3.45. The lowest BCUT2D eigenvalue weighted by molar-refractivity contribution is 0.274. The lowest BCUT2D eigenvalue weighted by atomic mass is 10.0. The van der Waals surface area contributed by atoms with E-state index in [0.717, 1.165) is 5.56 Å². The van der Waals surface area contributed by atoms with Crippen LogP contribution in [-0.4, -0.2) is 0 Å². The fourth-order valence-electron chi connectivity index (χ4n) is 1.82. The summed E-state index contributed by atoms with van der Waals surface area (Å²) in [5.74, 6) is -1.32. The normalized spacial score (nSPS) is 10.9. The van der Waals surface area contributed by atoms with Gasteiger partial charge in [0.2, 0.25) is 0 Å². The fraction of sp³-hybridized carbons (Fsp3) is 0.250. The summed E-state index contributed by atoms with van der Waals surface area (Å²) >= 11 is 3.03. The fourth-order valence-corrected chi connectivity index (χ4v) is 2.22. The minimum atomic E-state index is -0.712. The van der Waals surface area contributed by atoms with Crippen molar-refractivity contribution in [2.45, 2.75) is 26.4 Å². The molecule has 0 radical (unpaired) electrons. The number of benzene rings is 2. The van der Waals surface area contributed by atoms with Crippen LogP contribution in [0.3, 0.4) is 0 Å². The van der Waals surface area contributed by atoms with E-state index in [-0.39, 0.29) is 12.4 Å². The first-order chi connectivity index (χ1) is 9.47. The van der Waals surface area contributed by atoms with Crippen molar-refractivity contribution in [2.75, 3.05) is 0 Å². The molecule has 0 saturated heterocycles. The highest BCUT2D eigenvalue weighted by molar-refractivity contribution is 9.10. The summed E-state index contributed by atoms with van der Waals surface area (Å²) in [4.78, 5) is 0. The molecule has 4 heteroatoms. The maximum atomic E-state index is 13.6. The molecule has 20 heavy (non-hydrogen) atoms. The van der Waals surface area contributed by atoms with Gasteiger partial charge >= 0.3 is 0 Å². The molecule has 2 aromatic carbocycles. The van der Waals surface area contributed by atoms with Gasteiger partial charge in [0, 0.05) is 4.47 Å². The van der Waals surface area contributed by atoms with Crippen LogP contribution in [0.15, 0.2) is 40.9 Å². The second-order valence-electron chi connectivity index (χ2n) is 4.88. The Morgan fingerprint density at radius 2 is 1.60 bits per heavy atom. The summed E-state index contributed by atoms with van der Waals surface area (Å²) in [5, 5.41) is 0. The van der Waals surface area contributed by atoms with Crippen molar-refractivity contribution in [3.05, 3.63) is 63.6 Å². The molecule has 0 aliphatic carbocycles. The molecule has 0 atom stereocenters. The molecule has 0 aliphatic rings. The zero-order chi connectivity index (χ0) is 14.7. The number of rotatable bonds is 4. The molecule has 0 aromatic heterocycles. The molecular formula is C16H15BrF2O. The summed E-state index contributed by atoms with van der Waals surface area (Å²) in [6.45, 7) is 4.35. The molecule has 0 spiro atoms. The van der Waals surface area contributed by atoms with Gasteiger partial charge in [-0.25, -0.2) is 8.78 Å². The third-order valence-electron chi connectivity index (χ3n) is 2.99. The second kappa shape index (κ2) is 6.35. The quantitative estimate of drug-likeness (QED) is 0.721. The Balaban J connectivity index is 2.09. The van der Waals surface area contributed by atoms with Gasteiger partial charge in [-0.3, -0.25) is 0 Å². The number of ether oxygens (including phenoxy) is 1. The average molecular weight is 341 g/mol. The number of halogens is 3. The van der Waals surface area contributed by atoms with E-state index < -0.39 is 11.6 Å². The lowest BCUT2D eigenvalue weighted by Crippen LogP contribution is -2.00. The smallest absolute Gasteiger partial charge is 0.191 e. The van der Waals surface area contributed by atoms with Gasteiger partial charge in [0.05, 0.1) is 0 Å². The molecule has 0 saturated carbocycles. The van der Waals surface area contributed by atoms with E-state index in [4.69, 9.17) is 4.74 Å². The average Bonchev–Trinajstić information content (AvgIpc) is 2.38. The molecule has 0 heterocycles. The molecule has 0 unspecified atom stereocenters. The monoisotopic (exact) mass is 340 g/mol. The Labute approximate surface area is 125 Å². The predicted octanol–water partition coefficient (Wildman–Crippen LogP) is 5.43. The molecule has 0 aliphatic heterocycles. The Hall–Kier alpha value is -1.42. The van der Waals surface area contributed by atoms with Crippen molar-refractivity contribution < 1.29 is 13.5 Å². The molecule has 106 valence electrons. The maximum Gasteiger partial charge on any atom is 0.191 e. The van der Waals surface area contributed by atoms with Crippen molar-refractivity contribution in [1.82, 2.24) is 0 Å². The molecule has 0 bridgehead atoms. The summed E-state index contributed by atoms with van der Waals surface area (Å²) in [7, 11) is 0. The van der Waals surface area contributed by atoms with Gasteiger partial charge in [-0.2, -0.15) is 0 Å². The van der Waals surface area contributed by atoms with Crippen molar-refractivity contribution in [3.63, 3.8) is 0 Å². The summed E-state index contributed by atoms with van der Waals surface area (Å²) in [6, 6.07) is 10.2. The Bertz CT molecular complexity index is 571. The molecule has 2 aromatic rings. The van der Waals surface area contributed by atoms with Gasteiger partial charge < -0.3 is 4.74 Å². The summed E-state index contributed by atoms with van der Waals surface area (Å²) < 4.78 is 32.8. The van der Waals surface area contributed by atoms with Crippen LogP contribution in [-0.2, 0) is 6.61 Å². The van der Waals surface area contributed by atoms with Crippen molar-refractivity contribution in [2.24, 2.45) is 0 Å². The molecule has 2 rings (SSSR count). The summed E-state index contributed by atoms with van der Waals surface area (Å²) in [5.41, 5.74) is 2.09. The summed E-state index contributed by atoms with van der Waals surface area (Å²) in [6.07, 6.45) is 0. The van der Waals surface area contributed by atoms with Crippen LogP contribution < -0.4 is 4.74 Å². The standard InChI is InChI=1S/C16H15BrF2O/c1-10(2)12-5-3-11(4-6-12)9-20-16-14(18)7-13(17)8-15(16)19/h3-8,10H,9H2,1-2H3. The van der Waals surface area contributed by atoms with Gasteiger partial charge in [-0.15, -0.1) is 0 Å². The second-order valence-corrected chi connectivity index (χ2v) is 5.80. The first-order valence-corrected chi connectivity index (χ1v) is 7.13. The van der Waals surface area contributed by atoms with Crippen LogP contribution >= 0.6 is 15.9 Å². The first-order valence-electron chi connectivity index (χ1n) is 6.33. The van der Waals surface area contributed by atoms with Crippen LogP contribution in [0.4, 0.5) is 8.78 Å². The molecule has 1 nitrogen and oxygen atoms in total. The Morgan fingerprint density at radius 3 is 2.10 bits per heavy atom. The minimum absolute atomic E-state index is 0.133. The van der Waals surface area contributed by atoms with E-state index >= 15 is 0 Å². The van der Waals surface area contributed by atoms with Crippen molar-refractivity contribution in [1.29, 1.82) is 0 Å². The highest BCUT2D eigenvalue weighted by Gasteiger charge is 2.12. The van der Waals surface area contributed by atoms with Gasteiger partial charge in [-0.1, -0.05) is 54.0 Å². The van der Waals surface area contributed by atoms with E-state index in [1.165, 1.54) is 17.7 Å². The molecule has 0 N–H and O–H groups in total. The highest BCUT2D eigenvalue weighted by atomic mass is 79.9. The Kier molecular flexibility index (Phi) is 4.76. The lowest BCUT2D eigenvalue weighted by Gasteiger charge is -2.10. The van der Waals surface area contributed by atoms with Gasteiger partial charge in [0.1, 0.15) is 6.61 Å². The van der Waals surface area contributed by atoms with Crippen LogP contribution in [0.2, 0.25) is 0 Å². The van der Waals surface area contributed by atoms with E-state index in [2.05, 4.69) is 29.8 Å². The van der Waals surface area contributed by atoms with Gasteiger partial charge in [-0.05, 0) is 29.2 Å². The third kappa shape index (κ3) is 3.57. The largest absolute Gasteiger partial charge is 0.483 e. The first kappa shape index (κ1) is 15.0. The zero-order valence-electron chi connectivity index (χ0n) is 11.3. The van der Waals surface area contributed by atoms with E-state index in [1.54, 1.807) is 0 Å². The van der Waals surface area contributed by atoms with E-state index in [0.29, 0.717) is 10.4 Å². The van der Waals surface area contributed by atoms with Gasteiger partial charge in [0.25, 0.3) is 0 Å². The van der Waals surface area contributed by atoms with Crippen LogP contribution in [0.25, 0.3) is 0 Å². The topological polar surface area (TPSA) is 9.23 Å². The van der Waals surface area contributed by atoms with Crippen molar-refractivity contribution in [3.8, 4) is 5.75 Å². The molecule has 0 amide bonds. The number of hydrogen-bond acceptors (Lipinski definition) is 1. The highest BCUT2D eigenvalue weighted by Crippen LogP contribution is 2.26. The Morgan fingerprint density at radius 1 is 1.05 bits per heavy atom. The SMILES string of the molecule is CC(C)c1ccc(COc2c(F)cc(Br)cc2F)cc1. The van der Waals surface area contributed by atoms with Crippen LogP contribution in [0, 0.1) is 11.6 Å². The zero-order valence-corrected chi connectivity index (χ0v) is 12.9. The van der Waals surface area contributed by atoms with E-state index in [9.17, 15) is 8.78 Å². The van der Waals surface area contributed by atoms with Crippen LogP contribution in [0.5, 0.6) is 5.75 Å². The number of hydrogen-bond donors (Lipinski definition) is 0. The maximum absolute atomic E-state index is 13.6.